The van der Waals surface area contributed by atoms with Crippen molar-refractivity contribution in [1.82, 2.24) is 9.55 Å². The van der Waals surface area contributed by atoms with Crippen LogP contribution >= 0.6 is 0 Å². The molecule has 1 aromatic carbocycles. The molecule has 0 bridgehead atoms. The molecule has 0 radical (unpaired) electrons. The van der Waals surface area contributed by atoms with E-state index in [1.807, 2.05) is 37.3 Å². The molecular weight excluding hydrogens is 308 g/mol. The zero-order valence-electron chi connectivity index (χ0n) is 14.4. The Kier molecular flexibility index (Phi) is 5.39. The predicted octanol–water partition coefficient (Wildman–Crippen LogP) is 2.99. The van der Waals surface area contributed by atoms with Crippen LogP contribution in [-0.2, 0) is 14.3 Å². The van der Waals surface area contributed by atoms with Crippen LogP contribution < -0.4 is 0 Å². The summed E-state index contributed by atoms with van der Waals surface area (Å²) >= 11 is 0. The van der Waals surface area contributed by atoms with Crippen molar-refractivity contribution in [1.29, 1.82) is 0 Å². The van der Waals surface area contributed by atoms with E-state index >= 15 is 0 Å². The van der Waals surface area contributed by atoms with Crippen molar-refractivity contribution < 1.29 is 19.1 Å². The summed E-state index contributed by atoms with van der Waals surface area (Å²) in [5, 5.41) is 0. The maximum atomic E-state index is 12.5. The molecule has 0 saturated heterocycles. The number of hydrogen-bond acceptors (Lipinski definition) is 5. The molecule has 0 spiro atoms. The number of carbonyl (C=O) groups excluding carboxylic acids is 2. The van der Waals surface area contributed by atoms with E-state index in [4.69, 9.17) is 4.74 Å². The number of methoxy groups -OCH3 is 1. The van der Waals surface area contributed by atoms with Gasteiger partial charge < -0.3 is 14.0 Å². The summed E-state index contributed by atoms with van der Waals surface area (Å²) in [6.07, 6.45) is 3.05. The molecule has 128 valence electrons. The number of carbonyl (C=O) groups is 2. The Labute approximate surface area is 141 Å². The van der Waals surface area contributed by atoms with Crippen LogP contribution in [0.5, 0.6) is 0 Å². The zero-order valence-corrected chi connectivity index (χ0v) is 14.4. The highest BCUT2D eigenvalue weighted by Crippen LogP contribution is 2.22. The van der Waals surface area contributed by atoms with E-state index in [1.54, 1.807) is 24.7 Å². The molecule has 0 amide bonds. The minimum Gasteiger partial charge on any atom is -0.469 e. The van der Waals surface area contributed by atoms with Gasteiger partial charge in [-0.05, 0) is 26.3 Å². The molecule has 0 aliphatic heterocycles. The topological polar surface area (TPSA) is 70.4 Å². The Morgan fingerprint density at radius 1 is 1.25 bits per heavy atom. The van der Waals surface area contributed by atoms with Gasteiger partial charge in [0.2, 0.25) is 0 Å². The normalized spacial score (nSPS) is 12.5. The molecule has 0 N–H and O–H groups in total. The molecule has 2 rings (SSSR count). The fourth-order valence-electron chi connectivity index (χ4n) is 2.42. The van der Waals surface area contributed by atoms with Crippen LogP contribution in [0, 0.1) is 0 Å². The molecule has 0 aliphatic carbocycles. The molecule has 1 atom stereocenters. The average molecular weight is 330 g/mol. The lowest BCUT2D eigenvalue weighted by molar-refractivity contribution is -0.145. The van der Waals surface area contributed by atoms with E-state index < -0.39 is 17.5 Å². The number of imidazole rings is 1. The number of hydrogen-bond donors (Lipinski definition) is 0. The summed E-state index contributed by atoms with van der Waals surface area (Å²) in [6.45, 7) is 5.32. The Bertz CT molecular complexity index is 707. The van der Waals surface area contributed by atoms with E-state index in [-0.39, 0.29) is 12.5 Å². The Hall–Kier alpha value is -2.63. The van der Waals surface area contributed by atoms with Gasteiger partial charge in [-0.2, -0.15) is 0 Å². The van der Waals surface area contributed by atoms with Gasteiger partial charge in [-0.1, -0.05) is 30.3 Å². The maximum absolute atomic E-state index is 12.5. The third-order valence-corrected chi connectivity index (χ3v) is 3.74. The molecule has 1 heterocycles. The number of nitrogens with zero attached hydrogens (tertiary/aromatic N) is 2. The quantitative estimate of drug-likeness (QED) is 0.762. The smallest absolute Gasteiger partial charge is 0.357 e. The number of aromatic nitrogens is 2. The lowest BCUT2D eigenvalue weighted by Gasteiger charge is -2.24. The molecular formula is C18H22N2O4. The number of benzene rings is 1. The van der Waals surface area contributed by atoms with Crippen molar-refractivity contribution in [3.63, 3.8) is 0 Å². The number of rotatable bonds is 6. The van der Waals surface area contributed by atoms with Gasteiger partial charge in [0.15, 0.2) is 0 Å². The Morgan fingerprint density at radius 2 is 1.92 bits per heavy atom. The molecule has 6 heteroatoms. The Balaban J connectivity index is 2.17. The highest BCUT2D eigenvalue weighted by Gasteiger charge is 2.29. The summed E-state index contributed by atoms with van der Waals surface area (Å²) in [7, 11) is 1.30. The van der Waals surface area contributed by atoms with Crippen LogP contribution in [0.25, 0.3) is 0 Å². The van der Waals surface area contributed by atoms with Crippen LogP contribution in [0.3, 0.4) is 0 Å². The number of ether oxygens (including phenoxy) is 2. The first-order chi connectivity index (χ1) is 11.3. The summed E-state index contributed by atoms with van der Waals surface area (Å²) in [4.78, 5) is 28.0. The van der Waals surface area contributed by atoms with Crippen molar-refractivity contribution in [3.05, 3.63) is 54.1 Å². The van der Waals surface area contributed by atoms with E-state index in [0.29, 0.717) is 5.69 Å². The first-order valence-electron chi connectivity index (χ1n) is 7.71. The second kappa shape index (κ2) is 7.29. The van der Waals surface area contributed by atoms with E-state index in [1.165, 1.54) is 13.3 Å². The first-order valence-corrected chi connectivity index (χ1v) is 7.71. The molecule has 24 heavy (non-hydrogen) atoms. The molecule has 0 fully saturated rings. The van der Waals surface area contributed by atoms with Gasteiger partial charge in [0.1, 0.15) is 11.3 Å². The lowest BCUT2D eigenvalue weighted by atomic mass is 10.1. The van der Waals surface area contributed by atoms with Crippen molar-refractivity contribution in [2.45, 2.75) is 38.8 Å². The largest absolute Gasteiger partial charge is 0.469 e. The molecule has 2 aromatic rings. The highest BCUT2D eigenvalue weighted by atomic mass is 16.6. The monoisotopic (exact) mass is 330 g/mol. The minimum absolute atomic E-state index is 0.0163. The van der Waals surface area contributed by atoms with Gasteiger partial charge in [0.05, 0.1) is 32.1 Å². The SMILES string of the molecule is COC(=O)CC(C)(C)OC(=O)c1cncn1[C@H](C)c1ccccc1. The first kappa shape index (κ1) is 17.7. The van der Waals surface area contributed by atoms with Gasteiger partial charge >= 0.3 is 11.9 Å². The summed E-state index contributed by atoms with van der Waals surface area (Å²) in [5.74, 6) is -0.955. The fourth-order valence-corrected chi connectivity index (χ4v) is 2.42. The van der Waals surface area contributed by atoms with Crippen LogP contribution in [0.1, 0.15) is 49.3 Å². The van der Waals surface area contributed by atoms with E-state index in [9.17, 15) is 9.59 Å². The van der Waals surface area contributed by atoms with Gasteiger partial charge in [0.25, 0.3) is 0 Å². The fraction of sp³-hybridized carbons (Fsp3) is 0.389. The van der Waals surface area contributed by atoms with Crippen molar-refractivity contribution in [3.8, 4) is 0 Å². The lowest BCUT2D eigenvalue weighted by Crippen LogP contribution is -2.32. The van der Waals surface area contributed by atoms with Crippen molar-refractivity contribution >= 4 is 11.9 Å². The van der Waals surface area contributed by atoms with Crippen LogP contribution in [0.15, 0.2) is 42.9 Å². The molecule has 6 nitrogen and oxygen atoms in total. The average Bonchev–Trinajstić information content (AvgIpc) is 3.03. The summed E-state index contributed by atoms with van der Waals surface area (Å²) in [6, 6.07) is 9.73. The van der Waals surface area contributed by atoms with E-state index in [2.05, 4.69) is 9.72 Å². The molecule has 0 aliphatic rings. The standard InChI is InChI=1S/C18H22N2O4/c1-13(14-8-6-5-7-9-14)20-12-19-11-15(20)17(22)24-18(2,3)10-16(21)23-4/h5-9,11-13H,10H2,1-4H3/t13-/m1/s1. The Morgan fingerprint density at radius 3 is 2.54 bits per heavy atom. The molecule has 0 saturated carbocycles. The number of esters is 2. The predicted molar refractivity (Wildman–Crippen MR) is 88.6 cm³/mol. The van der Waals surface area contributed by atoms with Crippen molar-refractivity contribution in [2.75, 3.05) is 7.11 Å². The molecule has 1 aromatic heterocycles. The van der Waals surface area contributed by atoms with Gasteiger partial charge in [-0.25, -0.2) is 9.78 Å². The van der Waals surface area contributed by atoms with Crippen LogP contribution in [-0.4, -0.2) is 34.2 Å². The maximum Gasteiger partial charge on any atom is 0.357 e. The second-order valence-electron chi connectivity index (χ2n) is 6.17. The zero-order chi connectivity index (χ0) is 17.7. The highest BCUT2D eigenvalue weighted by molar-refractivity contribution is 5.88. The van der Waals surface area contributed by atoms with Gasteiger partial charge in [0, 0.05) is 0 Å². The summed E-state index contributed by atoms with van der Waals surface area (Å²) in [5.41, 5.74) is 0.428. The summed E-state index contributed by atoms with van der Waals surface area (Å²) < 4.78 is 11.9. The van der Waals surface area contributed by atoms with Gasteiger partial charge in [-0.3, -0.25) is 4.79 Å². The van der Waals surface area contributed by atoms with E-state index in [0.717, 1.165) is 5.56 Å². The van der Waals surface area contributed by atoms with Crippen molar-refractivity contribution in [2.24, 2.45) is 0 Å². The third kappa shape index (κ3) is 4.22. The van der Waals surface area contributed by atoms with Gasteiger partial charge in [-0.15, -0.1) is 0 Å². The second-order valence-corrected chi connectivity index (χ2v) is 6.17. The third-order valence-electron chi connectivity index (χ3n) is 3.74. The molecule has 0 unspecified atom stereocenters. The minimum atomic E-state index is -0.963. The van der Waals surface area contributed by atoms with Crippen LogP contribution in [0.2, 0.25) is 0 Å². The van der Waals surface area contributed by atoms with Crippen LogP contribution in [0.4, 0.5) is 0 Å².